The van der Waals surface area contributed by atoms with Crippen LogP contribution < -0.4 is 10.6 Å². The molecule has 3 rings (SSSR count). The molecule has 0 saturated carbocycles. The van der Waals surface area contributed by atoms with Gasteiger partial charge in [0.1, 0.15) is 23.2 Å². The molecule has 1 aliphatic rings. The highest BCUT2D eigenvalue weighted by Gasteiger charge is 2.49. The van der Waals surface area contributed by atoms with E-state index >= 15 is 0 Å². The molecule has 2 aromatic rings. The summed E-state index contributed by atoms with van der Waals surface area (Å²) in [5.74, 6) is -1.03. The second-order valence-electron chi connectivity index (χ2n) is 8.10. The van der Waals surface area contributed by atoms with Gasteiger partial charge in [0.15, 0.2) is 0 Å². The number of nitrogens with one attached hydrogen (secondary N) is 2. The average Bonchev–Trinajstić information content (AvgIpc) is 3.19. The molecule has 0 aliphatic carbocycles. The first-order valence-electron chi connectivity index (χ1n) is 9.09. The van der Waals surface area contributed by atoms with E-state index < -0.39 is 29.9 Å². The minimum Gasteiger partial charge on any atom is -0.319 e. The van der Waals surface area contributed by atoms with Crippen molar-refractivity contribution in [3.63, 3.8) is 0 Å². The molecule has 1 atom stereocenters. The Morgan fingerprint density at radius 3 is 2.48 bits per heavy atom. The number of amides is 4. The number of carbonyl (C=O) groups excluding carboxylic acids is 3. The van der Waals surface area contributed by atoms with E-state index in [4.69, 9.17) is 5.26 Å². The van der Waals surface area contributed by atoms with Crippen LogP contribution in [0.25, 0.3) is 0 Å². The third-order valence-electron chi connectivity index (χ3n) is 4.94. The molecule has 1 saturated heterocycles. The van der Waals surface area contributed by atoms with Gasteiger partial charge in [-0.1, -0.05) is 45.0 Å². The first kappa shape index (κ1) is 20.6. The number of carbonyl (C=O) groups is 3. The summed E-state index contributed by atoms with van der Waals surface area (Å²) in [5.41, 5.74) is 0.827. The topological polar surface area (TPSA) is 102 Å². The van der Waals surface area contributed by atoms with E-state index in [1.54, 1.807) is 18.4 Å². The Kier molecular flexibility index (Phi) is 5.20. The maximum atomic E-state index is 13.0. The summed E-state index contributed by atoms with van der Waals surface area (Å²) in [7, 11) is 0. The van der Waals surface area contributed by atoms with Gasteiger partial charge in [0, 0.05) is 0 Å². The first-order chi connectivity index (χ1) is 13.6. The number of urea groups is 1. The molecule has 0 spiro atoms. The van der Waals surface area contributed by atoms with Gasteiger partial charge in [-0.15, -0.1) is 11.3 Å². The van der Waals surface area contributed by atoms with Crippen molar-refractivity contribution in [2.75, 3.05) is 11.9 Å². The SMILES string of the molecule is CC(C)(C)c1ccc(C2(C)NC(=O)N(CC(=O)Nc3sccc3C#N)C2=O)cc1. The number of thiophene rings is 1. The molecule has 0 radical (unpaired) electrons. The Balaban J connectivity index is 1.76. The van der Waals surface area contributed by atoms with Crippen LogP contribution in [0.5, 0.6) is 0 Å². The standard InChI is InChI=1S/C21H22N4O3S/c1-20(2,3)14-5-7-15(8-6-14)21(4)18(27)25(19(28)24-21)12-16(26)23-17-13(11-22)9-10-29-17/h5-10H,12H2,1-4H3,(H,23,26)(H,24,28). The third-order valence-corrected chi connectivity index (χ3v) is 5.77. The summed E-state index contributed by atoms with van der Waals surface area (Å²) in [6, 6.07) is 10.5. The van der Waals surface area contributed by atoms with E-state index in [1.165, 1.54) is 11.3 Å². The fourth-order valence-corrected chi connectivity index (χ4v) is 3.90. The molecule has 0 bridgehead atoms. The number of nitrogens with zero attached hydrogens (tertiary/aromatic N) is 2. The number of hydrogen-bond donors (Lipinski definition) is 2. The summed E-state index contributed by atoms with van der Waals surface area (Å²) < 4.78 is 0. The van der Waals surface area contributed by atoms with Crippen LogP contribution in [0.15, 0.2) is 35.7 Å². The Morgan fingerprint density at radius 1 is 1.24 bits per heavy atom. The van der Waals surface area contributed by atoms with Crippen LogP contribution in [0.4, 0.5) is 9.80 Å². The van der Waals surface area contributed by atoms with Crippen LogP contribution in [0, 0.1) is 11.3 Å². The van der Waals surface area contributed by atoms with Gasteiger partial charge in [-0.2, -0.15) is 5.26 Å². The number of nitriles is 1. The Hall–Kier alpha value is -3.18. The predicted molar refractivity (Wildman–Crippen MR) is 110 cm³/mol. The molecule has 4 amide bonds. The molecule has 2 N–H and O–H groups in total. The van der Waals surface area contributed by atoms with E-state index in [-0.39, 0.29) is 5.41 Å². The van der Waals surface area contributed by atoms with Crippen molar-refractivity contribution in [2.45, 2.75) is 38.6 Å². The molecule has 8 heteroatoms. The third kappa shape index (κ3) is 3.87. The minimum absolute atomic E-state index is 0.0312. The minimum atomic E-state index is -1.24. The average molecular weight is 410 g/mol. The summed E-state index contributed by atoms with van der Waals surface area (Å²) in [5, 5.41) is 16.4. The Bertz CT molecular complexity index is 1010. The lowest BCUT2D eigenvalue weighted by Gasteiger charge is -2.24. The second kappa shape index (κ2) is 7.33. The predicted octanol–water partition coefficient (Wildman–Crippen LogP) is 3.32. The molecule has 1 aromatic heterocycles. The maximum absolute atomic E-state index is 13.0. The fourth-order valence-electron chi connectivity index (χ4n) is 3.14. The highest BCUT2D eigenvalue weighted by Crippen LogP contribution is 2.31. The first-order valence-corrected chi connectivity index (χ1v) is 9.97. The molecule has 29 heavy (non-hydrogen) atoms. The van der Waals surface area contributed by atoms with Crippen LogP contribution in [0.2, 0.25) is 0 Å². The maximum Gasteiger partial charge on any atom is 0.325 e. The van der Waals surface area contributed by atoms with Gasteiger partial charge in [-0.3, -0.25) is 14.5 Å². The summed E-state index contributed by atoms with van der Waals surface area (Å²) in [4.78, 5) is 38.7. The Labute approximate surface area is 173 Å². The zero-order valence-corrected chi connectivity index (χ0v) is 17.5. The lowest BCUT2D eigenvalue weighted by Crippen LogP contribution is -2.42. The van der Waals surface area contributed by atoms with E-state index in [2.05, 4.69) is 31.4 Å². The number of benzene rings is 1. The van der Waals surface area contributed by atoms with Gasteiger partial charge in [-0.25, -0.2) is 4.79 Å². The van der Waals surface area contributed by atoms with Gasteiger partial charge < -0.3 is 10.6 Å². The van der Waals surface area contributed by atoms with Gasteiger partial charge in [-0.05, 0) is 34.9 Å². The Morgan fingerprint density at radius 2 is 1.90 bits per heavy atom. The van der Waals surface area contributed by atoms with Crippen molar-refractivity contribution in [3.05, 3.63) is 52.4 Å². The van der Waals surface area contributed by atoms with Crippen LogP contribution >= 0.6 is 11.3 Å². The van der Waals surface area contributed by atoms with Crippen LogP contribution in [0.3, 0.4) is 0 Å². The molecule has 150 valence electrons. The van der Waals surface area contributed by atoms with Crippen molar-refractivity contribution in [3.8, 4) is 6.07 Å². The highest BCUT2D eigenvalue weighted by atomic mass is 32.1. The van der Waals surface area contributed by atoms with Gasteiger partial charge in [0.05, 0.1) is 5.56 Å². The summed E-state index contributed by atoms with van der Waals surface area (Å²) in [6.45, 7) is 7.49. The quantitative estimate of drug-likeness (QED) is 0.755. The van der Waals surface area contributed by atoms with Gasteiger partial charge >= 0.3 is 6.03 Å². The molecule has 1 unspecified atom stereocenters. The van der Waals surface area contributed by atoms with Crippen molar-refractivity contribution in [1.29, 1.82) is 5.26 Å². The number of imide groups is 1. The van der Waals surface area contributed by atoms with E-state index in [9.17, 15) is 14.4 Å². The van der Waals surface area contributed by atoms with Crippen molar-refractivity contribution in [1.82, 2.24) is 10.2 Å². The summed E-state index contributed by atoms with van der Waals surface area (Å²) >= 11 is 1.20. The van der Waals surface area contributed by atoms with E-state index in [1.807, 2.05) is 30.3 Å². The van der Waals surface area contributed by atoms with Gasteiger partial charge in [0.2, 0.25) is 5.91 Å². The number of anilines is 1. The number of hydrogen-bond acceptors (Lipinski definition) is 5. The molecular weight excluding hydrogens is 388 g/mol. The largest absolute Gasteiger partial charge is 0.325 e. The molecule has 1 fully saturated rings. The monoisotopic (exact) mass is 410 g/mol. The second-order valence-corrected chi connectivity index (χ2v) is 9.01. The van der Waals surface area contributed by atoms with Crippen molar-refractivity contribution < 1.29 is 14.4 Å². The molecular formula is C21H22N4O3S. The fraction of sp³-hybridized carbons (Fsp3) is 0.333. The van der Waals surface area contributed by atoms with Crippen LogP contribution in [0.1, 0.15) is 44.4 Å². The van der Waals surface area contributed by atoms with E-state index in [0.29, 0.717) is 16.1 Å². The van der Waals surface area contributed by atoms with E-state index in [0.717, 1.165) is 10.5 Å². The highest BCUT2D eigenvalue weighted by molar-refractivity contribution is 7.14. The number of rotatable bonds is 4. The molecule has 2 heterocycles. The lowest BCUT2D eigenvalue weighted by atomic mass is 9.84. The van der Waals surface area contributed by atoms with Crippen LogP contribution in [-0.2, 0) is 20.5 Å². The zero-order valence-electron chi connectivity index (χ0n) is 16.7. The molecule has 1 aromatic carbocycles. The molecule has 1 aliphatic heterocycles. The smallest absolute Gasteiger partial charge is 0.319 e. The molecule has 7 nitrogen and oxygen atoms in total. The normalized spacial score (nSPS) is 19.1. The van der Waals surface area contributed by atoms with Crippen molar-refractivity contribution >= 4 is 34.2 Å². The zero-order chi connectivity index (χ0) is 21.4. The lowest BCUT2D eigenvalue weighted by molar-refractivity contribution is -0.133. The van der Waals surface area contributed by atoms with Crippen LogP contribution in [-0.4, -0.2) is 29.3 Å². The summed E-state index contributed by atoms with van der Waals surface area (Å²) in [6.07, 6.45) is 0. The van der Waals surface area contributed by atoms with Gasteiger partial charge in [0.25, 0.3) is 5.91 Å². The van der Waals surface area contributed by atoms with Crippen molar-refractivity contribution in [2.24, 2.45) is 0 Å².